The number of rotatable bonds is 3. The lowest BCUT2D eigenvalue weighted by molar-refractivity contribution is 0.990. The Morgan fingerprint density at radius 3 is 2.82 bits per heavy atom. The molecule has 3 rings (SSSR count). The van der Waals surface area contributed by atoms with Gasteiger partial charge < -0.3 is 5.43 Å². The molecule has 0 unspecified atom stereocenters. The average Bonchev–Trinajstić information content (AvgIpc) is 3.23. The molecule has 17 heavy (non-hydrogen) atoms. The molecule has 0 saturated heterocycles. The number of nitrogens with two attached hydrogens (primary N) is 1. The summed E-state index contributed by atoms with van der Waals surface area (Å²) in [7, 11) is 0. The summed E-state index contributed by atoms with van der Waals surface area (Å²) in [5.74, 6) is 7.33. The van der Waals surface area contributed by atoms with Gasteiger partial charge in [0.05, 0.1) is 0 Å². The van der Waals surface area contributed by atoms with Gasteiger partial charge in [0.1, 0.15) is 5.82 Å². The van der Waals surface area contributed by atoms with Gasteiger partial charge in [-0.3, -0.25) is 4.98 Å². The van der Waals surface area contributed by atoms with E-state index in [1.165, 1.54) is 12.8 Å². The number of nitrogens with one attached hydrogen (secondary N) is 1. The minimum Gasteiger partial charge on any atom is -0.308 e. The van der Waals surface area contributed by atoms with Crippen LogP contribution in [0.4, 0.5) is 5.82 Å². The highest BCUT2D eigenvalue weighted by atomic mass is 15.3. The maximum Gasteiger partial charge on any atom is 0.163 e. The molecule has 1 fully saturated rings. The van der Waals surface area contributed by atoms with Gasteiger partial charge in [0.2, 0.25) is 0 Å². The zero-order valence-electron chi connectivity index (χ0n) is 9.30. The number of aromatic nitrogens is 3. The van der Waals surface area contributed by atoms with Gasteiger partial charge in [-0.15, -0.1) is 0 Å². The Bertz CT molecular complexity index is 522. The summed E-state index contributed by atoms with van der Waals surface area (Å²) in [6.07, 6.45) is 5.89. The second-order valence-electron chi connectivity index (χ2n) is 4.16. The van der Waals surface area contributed by atoms with Gasteiger partial charge >= 0.3 is 0 Å². The highest BCUT2D eigenvalue weighted by Crippen LogP contribution is 2.40. The van der Waals surface area contributed by atoms with Gasteiger partial charge in [0, 0.05) is 35.6 Å². The van der Waals surface area contributed by atoms with Crippen molar-refractivity contribution in [2.24, 2.45) is 5.84 Å². The predicted molar refractivity (Wildman–Crippen MR) is 65.0 cm³/mol. The zero-order valence-corrected chi connectivity index (χ0v) is 9.30. The fourth-order valence-electron chi connectivity index (χ4n) is 1.75. The lowest BCUT2D eigenvalue weighted by Gasteiger charge is -2.06. The first kappa shape index (κ1) is 10.2. The van der Waals surface area contributed by atoms with Crippen molar-refractivity contribution in [3.05, 3.63) is 36.3 Å². The number of nitrogen functional groups attached to an aromatic ring is 1. The Morgan fingerprint density at radius 2 is 2.18 bits per heavy atom. The minimum atomic E-state index is 0.570. The number of pyridine rings is 1. The van der Waals surface area contributed by atoms with E-state index in [2.05, 4.69) is 20.4 Å². The van der Waals surface area contributed by atoms with Crippen molar-refractivity contribution in [2.45, 2.75) is 18.8 Å². The molecule has 0 spiro atoms. The van der Waals surface area contributed by atoms with Gasteiger partial charge in [-0.1, -0.05) is 0 Å². The topological polar surface area (TPSA) is 76.7 Å². The first-order valence-electron chi connectivity index (χ1n) is 5.63. The number of nitrogens with zero attached hydrogens (tertiary/aromatic N) is 3. The van der Waals surface area contributed by atoms with Crippen molar-refractivity contribution in [3.63, 3.8) is 0 Å². The van der Waals surface area contributed by atoms with Crippen LogP contribution in [0, 0.1) is 0 Å². The molecule has 3 N–H and O–H groups in total. The number of anilines is 1. The third-order valence-electron chi connectivity index (χ3n) is 2.81. The highest BCUT2D eigenvalue weighted by Gasteiger charge is 2.26. The standard InChI is InChI=1S/C12H13N5/c13-17-11-6-10(8-3-4-8)15-12(16-11)9-2-1-5-14-7-9/h1-2,5-8H,3-4,13H2,(H,15,16,17). The largest absolute Gasteiger partial charge is 0.308 e. The van der Waals surface area contributed by atoms with Crippen LogP contribution in [-0.2, 0) is 0 Å². The van der Waals surface area contributed by atoms with Crippen LogP contribution in [0.5, 0.6) is 0 Å². The lowest BCUT2D eigenvalue weighted by Crippen LogP contribution is -2.10. The molecule has 1 aliphatic carbocycles. The maximum absolute atomic E-state index is 5.43. The van der Waals surface area contributed by atoms with Crippen molar-refractivity contribution in [1.82, 2.24) is 15.0 Å². The summed E-state index contributed by atoms with van der Waals surface area (Å²) in [6, 6.07) is 5.73. The van der Waals surface area contributed by atoms with Crippen molar-refractivity contribution < 1.29 is 0 Å². The van der Waals surface area contributed by atoms with Crippen molar-refractivity contribution in [3.8, 4) is 11.4 Å². The summed E-state index contributed by atoms with van der Waals surface area (Å²) in [5.41, 5.74) is 4.56. The molecule has 5 nitrogen and oxygen atoms in total. The van der Waals surface area contributed by atoms with Crippen LogP contribution in [0.3, 0.4) is 0 Å². The fraction of sp³-hybridized carbons (Fsp3) is 0.250. The first-order valence-corrected chi connectivity index (χ1v) is 5.63. The average molecular weight is 227 g/mol. The summed E-state index contributed by atoms with van der Waals surface area (Å²) < 4.78 is 0. The van der Waals surface area contributed by atoms with E-state index in [1.54, 1.807) is 12.4 Å². The number of hydrogen-bond acceptors (Lipinski definition) is 5. The van der Waals surface area contributed by atoms with Gasteiger partial charge in [-0.05, 0) is 25.0 Å². The molecule has 0 radical (unpaired) electrons. The third-order valence-corrected chi connectivity index (χ3v) is 2.81. The quantitative estimate of drug-likeness (QED) is 0.616. The van der Waals surface area contributed by atoms with E-state index in [0.29, 0.717) is 17.6 Å². The van der Waals surface area contributed by atoms with E-state index in [-0.39, 0.29) is 0 Å². The Hall–Kier alpha value is -2.01. The SMILES string of the molecule is NNc1cc(C2CC2)nc(-c2cccnc2)n1. The fourth-order valence-corrected chi connectivity index (χ4v) is 1.75. The zero-order chi connectivity index (χ0) is 11.7. The van der Waals surface area contributed by atoms with Gasteiger partial charge in [0.15, 0.2) is 5.82 Å². The lowest BCUT2D eigenvalue weighted by atomic mass is 10.2. The van der Waals surface area contributed by atoms with E-state index < -0.39 is 0 Å². The van der Waals surface area contributed by atoms with E-state index in [9.17, 15) is 0 Å². The summed E-state index contributed by atoms with van der Waals surface area (Å²) >= 11 is 0. The van der Waals surface area contributed by atoms with Crippen molar-refractivity contribution >= 4 is 5.82 Å². The second kappa shape index (κ2) is 4.10. The molecule has 0 bridgehead atoms. The molecular formula is C12H13N5. The Labute approximate surface area is 99.1 Å². The minimum absolute atomic E-state index is 0.570. The Balaban J connectivity index is 2.06. The molecule has 2 heterocycles. The molecule has 0 aromatic carbocycles. The van der Waals surface area contributed by atoms with Crippen LogP contribution in [-0.4, -0.2) is 15.0 Å². The van der Waals surface area contributed by atoms with E-state index >= 15 is 0 Å². The van der Waals surface area contributed by atoms with Crippen LogP contribution in [0.25, 0.3) is 11.4 Å². The van der Waals surface area contributed by atoms with Gasteiger partial charge in [0.25, 0.3) is 0 Å². The molecule has 0 atom stereocenters. The maximum atomic E-state index is 5.43. The normalized spacial score (nSPS) is 14.6. The van der Waals surface area contributed by atoms with E-state index in [4.69, 9.17) is 5.84 Å². The molecule has 86 valence electrons. The predicted octanol–water partition coefficient (Wildman–Crippen LogP) is 1.70. The monoisotopic (exact) mass is 227 g/mol. The van der Waals surface area contributed by atoms with E-state index in [1.807, 2.05) is 18.2 Å². The molecule has 0 aliphatic heterocycles. The Kier molecular flexibility index (Phi) is 2.45. The molecule has 1 aliphatic rings. The number of hydrogen-bond donors (Lipinski definition) is 2. The summed E-state index contributed by atoms with van der Waals surface area (Å²) in [4.78, 5) is 13.0. The van der Waals surface area contributed by atoms with Crippen LogP contribution >= 0.6 is 0 Å². The van der Waals surface area contributed by atoms with Crippen LogP contribution < -0.4 is 11.3 Å². The Morgan fingerprint density at radius 1 is 1.29 bits per heavy atom. The van der Waals surface area contributed by atoms with Crippen molar-refractivity contribution in [1.29, 1.82) is 0 Å². The molecule has 5 heteroatoms. The van der Waals surface area contributed by atoms with E-state index in [0.717, 1.165) is 11.3 Å². The molecule has 2 aromatic rings. The molecule has 2 aromatic heterocycles. The second-order valence-corrected chi connectivity index (χ2v) is 4.16. The molecule has 0 amide bonds. The summed E-state index contributed by atoms with van der Waals surface area (Å²) in [6.45, 7) is 0. The first-order chi connectivity index (χ1) is 8.36. The van der Waals surface area contributed by atoms with Crippen LogP contribution in [0.1, 0.15) is 24.5 Å². The molecule has 1 saturated carbocycles. The smallest absolute Gasteiger partial charge is 0.163 e. The van der Waals surface area contributed by atoms with Crippen molar-refractivity contribution in [2.75, 3.05) is 5.43 Å². The number of hydrazine groups is 1. The van der Waals surface area contributed by atoms with Gasteiger partial charge in [-0.2, -0.15) is 0 Å². The molecular weight excluding hydrogens is 214 g/mol. The third kappa shape index (κ3) is 2.09. The van der Waals surface area contributed by atoms with Crippen LogP contribution in [0.2, 0.25) is 0 Å². The summed E-state index contributed by atoms with van der Waals surface area (Å²) in [5, 5.41) is 0. The van der Waals surface area contributed by atoms with Crippen LogP contribution in [0.15, 0.2) is 30.6 Å². The highest BCUT2D eigenvalue weighted by molar-refractivity contribution is 5.56. The van der Waals surface area contributed by atoms with Gasteiger partial charge in [-0.25, -0.2) is 15.8 Å².